The summed E-state index contributed by atoms with van der Waals surface area (Å²) in [5.74, 6) is 1.07. The van der Waals surface area contributed by atoms with Crippen LogP contribution in [0.25, 0.3) is 0 Å². The van der Waals surface area contributed by atoms with Crippen LogP contribution in [-0.4, -0.2) is 9.55 Å². The quantitative estimate of drug-likeness (QED) is 0.507. The highest BCUT2D eigenvalue weighted by molar-refractivity contribution is 4.98. The van der Waals surface area contributed by atoms with E-state index in [0.29, 0.717) is 0 Å². The van der Waals surface area contributed by atoms with E-state index < -0.39 is 0 Å². The van der Waals surface area contributed by atoms with Crippen LogP contribution in [-0.2, 0) is 6.54 Å². The number of rotatable bonds is 13. The van der Waals surface area contributed by atoms with Crippen LogP contribution in [0.4, 0.5) is 0 Å². The highest BCUT2D eigenvalue weighted by Crippen LogP contribution is 2.17. The van der Waals surface area contributed by atoms with Crippen LogP contribution in [0.1, 0.15) is 96.3 Å². The van der Waals surface area contributed by atoms with Crippen molar-refractivity contribution in [2.45, 2.75) is 97.1 Å². The number of aromatic nitrogens is 2. The van der Waals surface area contributed by atoms with Crippen molar-refractivity contribution >= 4 is 0 Å². The Bertz CT molecular complexity index is 346. The molecule has 1 atom stereocenters. The predicted octanol–water partition coefficient (Wildman–Crippen LogP) is 5.21. The number of hydrogen-bond acceptors (Lipinski definition) is 2. The molecule has 1 rings (SSSR count). The van der Waals surface area contributed by atoms with E-state index in [0.717, 1.165) is 25.2 Å². The third kappa shape index (κ3) is 7.66. The van der Waals surface area contributed by atoms with E-state index in [1.165, 1.54) is 57.8 Å². The van der Waals surface area contributed by atoms with Crippen molar-refractivity contribution in [3.05, 3.63) is 18.2 Å². The highest BCUT2D eigenvalue weighted by atomic mass is 15.1. The van der Waals surface area contributed by atoms with Gasteiger partial charge in [0, 0.05) is 18.9 Å². The molecular weight excluding hydrogens is 258 g/mol. The molecule has 1 aromatic heterocycles. The molecule has 2 N–H and O–H groups in total. The molecule has 0 saturated carbocycles. The zero-order valence-electron chi connectivity index (χ0n) is 14.2. The summed E-state index contributed by atoms with van der Waals surface area (Å²) in [5, 5.41) is 0. The third-order valence-electron chi connectivity index (χ3n) is 4.16. The summed E-state index contributed by atoms with van der Waals surface area (Å²) in [7, 11) is 0. The molecule has 0 amide bonds. The summed E-state index contributed by atoms with van der Waals surface area (Å²) >= 11 is 0. The van der Waals surface area contributed by atoms with Crippen LogP contribution in [0.5, 0.6) is 0 Å². The van der Waals surface area contributed by atoms with Crippen molar-refractivity contribution in [2.75, 3.05) is 0 Å². The van der Waals surface area contributed by atoms with Gasteiger partial charge in [-0.05, 0) is 12.8 Å². The Morgan fingerprint density at radius 3 is 2.19 bits per heavy atom. The molecule has 3 heteroatoms. The van der Waals surface area contributed by atoms with Gasteiger partial charge in [-0.15, -0.1) is 0 Å². The van der Waals surface area contributed by atoms with E-state index in [9.17, 15) is 0 Å². The lowest BCUT2D eigenvalue weighted by atomic mass is 10.0. The Labute approximate surface area is 131 Å². The molecule has 1 heterocycles. The first kappa shape index (κ1) is 18.2. The summed E-state index contributed by atoms with van der Waals surface area (Å²) in [6, 6.07) is 0.108. The summed E-state index contributed by atoms with van der Waals surface area (Å²) in [4.78, 5) is 4.43. The molecule has 0 aliphatic heterocycles. The van der Waals surface area contributed by atoms with Crippen LogP contribution in [0.3, 0.4) is 0 Å². The average Bonchev–Trinajstić information content (AvgIpc) is 2.94. The first-order chi connectivity index (χ1) is 10.3. The predicted molar refractivity (Wildman–Crippen MR) is 91.3 cm³/mol. The van der Waals surface area contributed by atoms with E-state index in [2.05, 4.69) is 29.6 Å². The van der Waals surface area contributed by atoms with Crippen molar-refractivity contribution in [1.29, 1.82) is 0 Å². The lowest BCUT2D eigenvalue weighted by molar-refractivity contribution is 0.503. The maximum atomic E-state index is 6.28. The fourth-order valence-corrected chi connectivity index (χ4v) is 2.88. The normalized spacial score (nSPS) is 12.7. The van der Waals surface area contributed by atoms with Crippen LogP contribution in [0, 0.1) is 0 Å². The minimum absolute atomic E-state index is 0.108. The van der Waals surface area contributed by atoms with Gasteiger partial charge in [0.05, 0.1) is 6.04 Å². The number of unbranched alkanes of at least 4 members (excludes halogenated alkanes) is 8. The molecule has 122 valence electrons. The van der Waals surface area contributed by atoms with Gasteiger partial charge >= 0.3 is 0 Å². The third-order valence-corrected chi connectivity index (χ3v) is 4.16. The number of nitrogens with zero attached hydrogens (tertiary/aromatic N) is 2. The molecule has 0 saturated heterocycles. The second-order valence-electron chi connectivity index (χ2n) is 6.20. The van der Waals surface area contributed by atoms with E-state index in [-0.39, 0.29) is 6.04 Å². The van der Waals surface area contributed by atoms with Crippen molar-refractivity contribution in [3.8, 4) is 0 Å². The van der Waals surface area contributed by atoms with Crippen molar-refractivity contribution in [2.24, 2.45) is 5.73 Å². The van der Waals surface area contributed by atoms with E-state index in [1.54, 1.807) is 0 Å². The molecule has 3 nitrogen and oxygen atoms in total. The smallest absolute Gasteiger partial charge is 0.125 e. The summed E-state index contributed by atoms with van der Waals surface area (Å²) < 4.78 is 2.21. The Kier molecular flexibility index (Phi) is 10.2. The highest BCUT2D eigenvalue weighted by Gasteiger charge is 2.11. The lowest BCUT2D eigenvalue weighted by Gasteiger charge is -2.13. The van der Waals surface area contributed by atoms with Gasteiger partial charge in [0.15, 0.2) is 0 Å². The van der Waals surface area contributed by atoms with Crippen LogP contribution in [0.15, 0.2) is 12.4 Å². The molecule has 1 unspecified atom stereocenters. The molecular formula is C18H35N3. The molecule has 0 spiro atoms. The monoisotopic (exact) mass is 293 g/mol. The Morgan fingerprint density at radius 1 is 0.952 bits per heavy atom. The van der Waals surface area contributed by atoms with Gasteiger partial charge in [0.1, 0.15) is 5.82 Å². The summed E-state index contributed by atoms with van der Waals surface area (Å²) in [6.45, 7) is 5.49. The maximum Gasteiger partial charge on any atom is 0.125 e. The molecule has 0 bridgehead atoms. The Morgan fingerprint density at radius 2 is 1.57 bits per heavy atom. The van der Waals surface area contributed by atoms with Crippen molar-refractivity contribution < 1.29 is 0 Å². The summed E-state index contributed by atoms with van der Waals surface area (Å²) in [6.07, 6.45) is 18.4. The molecule has 0 aliphatic carbocycles. The first-order valence-electron chi connectivity index (χ1n) is 9.06. The zero-order valence-corrected chi connectivity index (χ0v) is 14.2. The minimum Gasteiger partial charge on any atom is -0.334 e. The molecule has 0 aliphatic rings. The van der Waals surface area contributed by atoms with Crippen LogP contribution < -0.4 is 5.73 Å². The largest absolute Gasteiger partial charge is 0.334 e. The number of aryl methyl sites for hydroxylation is 1. The second-order valence-corrected chi connectivity index (χ2v) is 6.20. The average molecular weight is 293 g/mol. The fraction of sp³-hybridized carbons (Fsp3) is 0.833. The van der Waals surface area contributed by atoms with Gasteiger partial charge in [-0.1, -0.05) is 71.6 Å². The molecule has 21 heavy (non-hydrogen) atoms. The van der Waals surface area contributed by atoms with Crippen molar-refractivity contribution in [1.82, 2.24) is 9.55 Å². The Balaban J connectivity index is 2.05. The van der Waals surface area contributed by atoms with Crippen molar-refractivity contribution in [3.63, 3.8) is 0 Å². The number of nitrogens with two attached hydrogens (primary N) is 1. The van der Waals surface area contributed by atoms with Crippen LogP contribution in [0.2, 0.25) is 0 Å². The fourth-order valence-electron chi connectivity index (χ4n) is 2.88. The maximum absolute atomic E-state index is 6.28. The van der Waals surface area contributed by atoms with E-state index >= 15 is 0 Å². The van der Waals surface area contributed by atoms with Crippen LogP contribution >= 0.6 is 0 Å². The van der Waals surface area contributed by atoms with Gasteiger partial charge in [-0.3, -0.25) is 0 Å². The van der Waals surface area contributed by atoms with Gasteiger partial charge < -0.3 is 10.3 Å². The van der Waals surface area contributed by atoms with Gasteiger partial charge in [0.2, 0.25) is 0 Å². The molecule has 1 aromatic rings. The summed E-state index contributed by atoms with van der Waals surface area (Å²) in [5.41, 5.74) is 6.28. The van der Waals surface area contributed by atoms with Gasteiger partial charge in [0.25, 0.3) is 0 Å². The number of imidazole rings is 1. The standard InChI is InChI=1S/C18H35N3/c1-3-5-6-7-8-9-10-11-12-13-17(19)18-20-14-16-21(18)15-4-2/h14,16-17H,3-13,15,19H2,1-2H3. The topological polar surface area (TPSA) is 43.8 Å². The van der Waals surface area contributed by atoms with Gasteiger partial charge in [-0.2, -0.15) is 0 Å². The first-order valence-corrected chi connectivity index (χ1v) is 9.06. The Hall–Kier alpha value is -0.830. The molecule has 0 radical (unpaired) electrons. The SMILES string of the molecule is CCCCCCCCCCCC(N)c1nccn1CCC. The zero-order chi connectivity index (χ0) is 15.3. The molecule has 0 aromatic carbocycles. The number of hydrogen-bond donors (Lipinski definition) is 1. The minimum atomic E-state index is 0.108. The molecule has 0 fully saturated rings. The van der Waals surface area contributed by atoms with Gasteiger partial charge in [-0.25, -0.2) is 4.98 Å². The lowest BCUT2D eigenvalue weighted by Crippen LogP contribution is -2.16. The van der Waals surface area contributed by atoms with E-state index in [1.807, 2.05) is 6.20 Å². The van der Waals surface area contributed by atoms with E-state index in [4.69, 9.17) is 5.73 Å². The second kappa shape index (κ2) is 11.8.